The van der Waals surface area contributed by atoms with E-state index < -0.39 is 0 Å². The summed E-state index contributed by atoms with van der Waals surface area (Å²) in [4.78, 5) is 19.7. The number of para-hydroxylation sites is 4. The molecule has 0 bridgehead atoms. The third-order valence-corrected chi connectivity index (χ3v) is 6.78. The van der Waals surface area contributed by atoms with Crippen LogP contribution in [-0.2, 0) is 17.9 Å². The lowest BCUT2D eigenvalue weighted by Crippen LogP contribution is -2.40. The zero-order valence-electron chi connectivity index (χ0n) is 20.2. The minimum absolute atomic E-state index is 0.0544. The van der Waals surface area contributed by atoms with Crippen LogP contribution in [0.3, 0.4) is 0 Å². The van der Waals surface area contributed by atoms with Gasteiger partial charge >= 0.3 is 0 Å². The first-order chi connectivity index (χ1) is 17.2. The maximum absolute atomic E-state index is 12.6. The van der Waals surface area contributed by atoms with E-state index in [0.29, 0.717) is 19.1 Å². The van der Waals surface area contributed by atoms with Gasteiger partial charge in [-0.2, -0.15) is 0 Å². The van der Waals surface area contributed by atoms with Gasteiger partial charge in [-0.25, -0.2) is 4.98 Å². The number of hydrogen-bond donors (Lipinski definition) is 1. The highest BCUT2D eigenvalue weighted by molar-refractivity contribution is 5.92. The molecule has 1 amide bonds. The van der Waals surface area contributed by atoms with Crippen molar-refractivity contribution in [3.8, 4) is 5.75 Å². The molecule has 4 aromatic rings. The number of ether oxygens (including phenoxy) is 1. The van der Waals surface area contributed by atoms with E-state index in [9.17, 15) is 4.79 Å². The number of rotatable bonds is 8. The Hall–Kier alpha value is -3.64. The monoisotopic (exact) mass is 468 g/mol. The lowest BCUT2D eigenvalue weighted by Gasteiger charge is -2.32. The Morgan fingerprint density at radius 2 is 1.69 bits per heavy atom. The molecule has 0 unspecified atom stereocenters. The number of amides is 1. The smallest absolute Gasteiger partial charge is 0.238 e. The van der Waals surface area contributed by atoms with Crippen LogP contribution in [0.1, 0.15) is 24.2 Å². The van der Waals surface area contributed by atoms with Crippen molar-refractivity contribution in [2.75, 3.05) is 25.0 Å². The molecule has 6 nitrogen and oxygen atoms in total. The van der Waals surface area contributed by atoms with E-state index in [-0.39, 0.29) is 5.91 Å². The van der Waals surface area contributed by atoms with Crippen molar-refractivity contribution in [1.82, 2.24) is 14.5 Å². The minimum Gasteiger partial charge on any atom is -0.486 e. The molecule has 0 radical (unpaired) electrons. The molecule has 1 aliphatic heterocycles. The molecule has 0 spiro atoms. The van der Waals surface area contributed by atoms with Crippen LogP contribution in [0, 0.1) is 12.8 Å². The molecule has 1 fully saturated rings. The highest BCUT2D eigenvalue weighted by Gasteiger charge is 2.23. The Kier molecular flexibility index (Phi) is 7.09. The van der Waals surface area contributed by atoms with Crippen LogP contribution in [0.15, 0.2) is 78.9 Å². The second-order valence-corrected chi connectivity index (χ2v) is 9.31. The molecule has 3 aromatic carbocycles. The van der Waals surface area contributed by atoms with Gasteiger partial charge in [0.2, 0.25) is 5.91 Å². The summed E-state index contributed by atoms with van der Waals surface area (Å²) >= 11 is 0. The van der Waals surface area contributed by atoms with Gasteiger partial charge in [-0.15, -0.1) is 0 Å². The largest absolute Gasteiger partial charge is 0.486 e. The summed E-state index contributed by atoms with van der Waals surface area (Å²) in [5, 5.41) is 3.05. The lowest BCUT2D eigenvalue weighted by molar-refractivity contribution is -0.117. The molecule has 1 aliphatic rings. The highest BCUT2D eigenvalue weighted by Crippen LogP contribution is 2.25. The number of benzene rings is 3. The number of hydrogen-bond acceptors (Lipinski definition) is 4. The molecule has 1 N–H and O–H groups in total. The predicted molar refractivity (Wildman–Crippen MR) is 139 cm³/mol. The topological polar surface area (TPSA) is 59.4 Å². The second-order valence-electron chi connectivity index (χ2n) is 9.31. The number of likely N-dealkylation sites (tertiary alicyclic amines) is 1. The van der Waals surface area contributed by atoms with E-state index in [1.807, 2.05) is 67.6 Å². The van der Waals surface area contributed by atoms with E-state index in [2.05, 4.69) is 33.0 Å². The quantitative estimate of drug-likeness (QED) is 0.383. The number of nitrogens with one attached hydrogen (secondary N) is 1. The van der Waals surface area contributed by atoms with Gasteiger partial charge in [0.15, 0.2) is 0 Å². The summed E-state index contributed by atoms with van der Waals surface area (Å²) in [6.45, 7) is 5.65. The van der Waals surface area contributed by atoms with Crippen LogP contribution in [0.5, 0.6) is 5.75 Å². The van der Waals surface area contributed by atoms with E-state index >= 15 is 0 Å². The van der Waals surface area contributed by atoms with Crippen LogP contribution in [0.2, 0.25) is 0 Å². The molecule has 180 valence electrons. The molecule has 5 rings (SSSR count). The summed E-state index contributed by atoms with van der Waals surface area (Å²) < 4.78 is 8.36. The predicted octanol–water partition coefficient (Wildman–Crippen LogP) is 5.27. The maximum Gasteiger partial charge on any atom is 0.238 e. The van der Waals surface area contributed by atoms with Crippen molar-refractivity contribution < 1.29 is 9.53 Å². The average molecular weight is 469 g/mol. The van der Waals surface area contributed by atoms with Crippen LogP contribution in [0.4, 0.5) is 5.69 Å². The van der Waals surface area contributed by atoms with Crippen molar-refractivity contribution in [2.45, 2.75) is 32.9 Å². The van der Waals surface area contributed by atoms with Gasteiger partial charge < -0.3 is 14.6 Å². The number of carbonyl (C=O) groups is 1. The molecule has 1 saturated heterocycles. The first-order valence-electron chi connectivity index (χ1n) is 12.4. The lowest BCUT2D eigenvalue weighted by atomic mass is 9.96. The number of carbonyl (C=O) groups excluding carboxylic acids is 1. The Bertz CT molecular complexity index is 1280. The standard InChI is InChI=1S/C29H32N4O2/c1-22-9-5-6-12-25(22)31-29(34)20-32-17-15-23(16-18-32)19-33-27-14-8-7-13-26(27)30-28(33)21-35-24-10-3-2-4-11-24/h2-14,23H,15-21H2,1H3,(H,31,34). The highest BCUT2D eigenvalue weighted by atomic mass is 16.5. The molecular formula is C29H32N4O2. The number of imidazole rings is 1. The minimum atomic E-state index is 0.0544. The summed E-state index contributed by atoms with van der Waals surface area (Å²) in [7, 11) is 0. The van der Waals surface area contributed by atoms with Gasteiger partial charge in [-0.05, 0) is 74.7 Å². The Balaban J connectivity index is 1.19. The third-order valence-electron chi connectivity index (χ3n) is 6.78. The summed E-state index contributed by atoms with van der Waals surface area (Å²) in [6.07, 6.45) is 2.12. The Labute approximate surface area is 206 Å². The van der Waals surface area contributed by atoms with E-state index in [4.69, 9.17) is 9.72 Å². The molecule has 0 saturated carbocycles. The van der Waals surface area contributed by atoms with Crippen molar-refractivity contribution in [1.29, 1.82) is 0 Å². The van der Waals surface area contributed by atoms with Gasteiger partial charge in [0.05, 0.1) is 17.6 Å². The zero-order valence-corrected chi connectivity index (χ0v) is 20.2. The third kappa shape index (κ3) is 5.72. The molecular weight excluding hydrogens is 436 g/mol. The van der Waals surface area contributed by atoms with Gasteiger partial charge in [0.25, 0.3) is 0 Å². The van der Waals surface area contributed by atoms with Gasteiger partial charge in [0.1, 0.15) is 18.2 Å². The van der Waals surface area contributed by atoms with Gasteiger partial charge in [0, 0.05) is 12.2 Å². The van der Waals surface area contributed by atoms with Crippen LogP contribution in [0.25, 0.3) is 11.0 Å². The summed E-state index contributed by atoms with van der Waals surface area (Å²) in [6, 6.07) is 26.1. The fourth-order valence-corrected chi connectivity index (χ4v) is 4.80. The molecule has 0 aliphatic carbocycles. The molecule has 6 heteroatoms. The SMILES string of the molecule is Cc1ccccc1NC(=O)CN1CCC(Cn2c(COc3ccccc3)nc3ccccc32)CC1. The number of nitrogens with zero attached hydrogens (tertiary/aromatic N) is 3. The first-order valence-corrected chi connectivity index (χ1v) is 12.4. The molecule has 35 heavy (non-hydrogen) atoms. The second kappa shape index (κ2) is 10.7. The van der Waals surface area contributed by atoms with Crippen molar-refractivity contribution in [3.05, 3.63) is 90.3 Å². The summed E-state index contributed by atoms with van der Waals surface area (Å²) in [5.74, 6) is 2.40. The van der Waals surface area contributed by atoms with Crippen LogP contribution < -0.4 is 10.1 Å². The van der Waals surface area contributed by atoms with Gasteiger partial charge in [-0.3, -0.25) is 9.69 Å². The van der Waals surface area contributed by atoms with Crippen LogP contribution >= 0.6 is 0 Å². The fraction of sp³-hybridized carbons (Fsp3) is 0.310. The molecule has 2 heterocycles. The maximum atomic E-state index is 12.6. The van der Waals surface area contributed by atoms with E-state index in [0.717, 1.165) is 66.3 Å². The van der Waals surface area contributed by atoms with E-state index in [1.54, 1.807) is 0 Å². The van der Waals surface area contributed by atoms with Gasteiger partial charge in [-0.1, -0.05) is 48.5 Å². The van der Waals surface area contributed by atoms with Crippen LogP contribution in [-0.4, -0.2) is 40.0 Å². The number of piperidine rings is 1. The number of fused-ring (bicyclic) bond motifs is 1. The van der Waals surface area contributed by atoms with Crippen molar-refractivity contribution >= 4 is 22.6 Å². The molecule has 0 atom stereocenters. The van der Waals surface area contributed by atoms with Crippen molar-refractivity contribution in [3.63, 3.8) is 0 Å². The summed E-state index contributed by atoms with van der Waals surface area (Å²) in [5.41, 5.74) is 4.13. The number of aromatic nitrogens is 2. The Morgan fingerprint density at radius 1 is 0.971 bits per heavy atom. The molecule has 1 aromatic heterocycles. The normalized spacial score (nSPS) is 14.8. The average Bonchev–Trinajstić information content (AvgIpc) is 3.23. The Morgan fingerprint density at radius 3 is 2.49 bits per heavy atom. The first kappa shape index (κ1) is 23.1. The number of aryl methyl sites for hydroxylation is 1. The van der Waals surface area contributed by atoms with E-state index in [1.165, 1.54) is 0 Å². The fourth-order valence-electron chi connectivity index (χ4n) is 4.80. The number of anilines is 1. The zero-order chi connectivity index (χ0) is 24.0. The van der Waals surface area contributed by atoms with Crippen molar-refractivity contribution in [2.24, 2.45) is 5.92 Å².